The summed E-state index contributed by atoms with van der Waals surface area (Å²) in [6.07, 6.45) is 2.00. The van der Waals surface area contributed by atoms with Crippen LogP contribution >= 0.6 is 24.0 Å². The molecule has 1 aliphatic heterocycles. The molecule has 2 aromatic rings. The van der Waals surface area contributed by atoms with E-state index >= 15 is 0 Å². The quantitative estimate of drug-likeness (QED) is 0.360. The molecule has 0 atom stereocenters. The van der Waals surface area contributed by atoms with Crippen LogP contribution in [0, 0.1) is 0 Å². The molecular formula is C21H31IN4O2. The number of aliphatic imine (C=N–C) groups is 1. The first-order chi connectivity index (χ1) is 13.1. The number of rotatable bonds is 6. The van der Waals surface area contributed by atoms with Crippen LogP contribution in [0.4, 0.5) is 0 Å². The van der Waals surface area contributed by atoms with Crippen LogP contribution in [0.25, 0.3) is 0 Å². The highest BCUT2D eigenvalue weighted by Crippen LogP contribution is 2.34. The van der Waals surface area contributed by atoms with Gasteiger partial charge in [0, 0.05) is 38.3 Å². The number of nitrogens with one attached hydrogen (secondary N) is 2. The smallest absolute Gasteiger partial charge is 0.191 e. The van der Waals surface area contributed by atoms with Gasteiger partial charge in [-0.1, -0.05) is 49.3 Å². The van der Waals surface area contributed by atoms with Gasteiger partial charge in [-0.3, -0.25) is 4.99 Å². The molecule has 0 saturated carbocycles. The summed E-state index contributed by atoms with van der Waals surface area (Å²) in [6.45, 7) is 7.16. The summed E-state index contributed by atoms with van der Waals surface area (Å²) < 4.78 is 11.0. The zero-order valence-electron chi connectivity index (χ0n) is 16.9. The monoisotopic (exact) mass is 498 g/mol. The van der Waals surface area contributed by atoms with Crippen LogP contribution in [0.5, 0.6) is 0 Å². The van der Waals surface area contributed by atoms with Crippen molar-refractivity contribution in [2.24, 2.45) is 4.99 Å². The first-order valence-corrected chi connectivity index (χ1v) is 9.66. The van der Waals surface area contributed by atoms with Gasteiger partial charge in [0.1, 0.15) is 0 Å². The standard InChI is InChI=1S/C21H30N4O2.HI/c1-16(2)19-13-18(27-25-19)14-23-20(22-3)24-15-21(9-11-26-12-10-21)17-7-5-4-6-8-17;/h4-8,13,16H,9-12,14-15H2,1-3H3,(H2,22,23,24);1H. The van der Waals surface area contributed by atoms with E-state index in [9.17, 15) is 0 Å². The van der Waals surface area contributed by atoms with Crippen molar-refractivity contribution in [3.05, 3.63) is 53.4 Å². The van der Waals surface area contributed by atoms with Crippen molar-refractivity contribution in [2.75, 3.05) is 26.8 Å². The summed E-state index contributed by atoms with van der Waals surface area (Å²) in [5, 5.41) is 10.9. The first-order valence-electron chi connectivity index (χ1n) is 9.66. The van der Waals surface area contributed by atoms with E-state index in [0.29, 0.717) is 12.5 Å². The molecule has 0 spiro atoms. The average molecular weight is 498 g/mol. The number of ether oxygens (including phenoxy) is 1. The molecule has 1 aromatic heterocycles. The Bertz CT molecular complexity index is 740. The van der Waals surface area contributed by atoms with Gasteiger partial charge in [0.05, 0.1) is 12.2 Å². The Hall–Kier alpha value is -1.61. The zero-order valence-corrected chi connectivity index (χ0v) is 19.2. The molecule has 0 amide bonds. The van der Waals surface area contributed by atoms with E-state index in [1.54, 1.807) is 7.05 Å². The fraction of sp³-hybridized carbons (Fsp3) is 0.524. The van der Waals surface area contributed by atoms with Crippen LogP contribution in [0.1, 0.15) is 49.6 Å². The van der Waals surface area contributed by atoms with Gasteiger partial charge in [-0.2, -0.15) is 0 Å². The maximum atomic E-state index is 5.61. The number of halogens is 1. The van der Waals surface area contributed by atoms with Crippen LogP contribution in [0.3, 0.4) is 0 Å². The van der Waals surface area contributed by atoms with E-state index in [-0.39, 0.29) is 29.4 Å². The molecule has 1 fully saturated rings. The minimum Gasteiger partial charge on any atom is -0.381 e. The molecule has 0 aliphatic carbocycles. The predicted molar refractivity (Wildman–Crippen MR) is 122 cm³/mol. The lowest BCUT2D eigenvalue weighted by Gasteiger charge is -2.38. The third kappa shape index (κ3) is 5.70. The van der Waals surface area contributed by atoms with Gasteiger partial charge in [-0.25, -0.2) is 0 Å². The predicted octanol–water partition coefficient (Wildman–Crippen LogP) is 3.83. The number of guanidine groups is 1. The molecule has 7 heteroatoms. The lowest BCUT2D eigenvalue weighted by molar-refractivity contribution is 0.0514. The highest BCUT2D eigenvalue weighted by molar-refractivity contribution is 14.0. The average Bonchev–Trinajstić information content (AvgIpc) is 3.19. The largest absolute Gasteiger partial charge is 0.381 e. The highest BCUT2D eigenvalue weighted by Gasteiger charge is 2.34. The fourth-order valence-corrected chi connectivity index (χ4v) is 3.45. The molecule has 1 aromatic carbocycles. The molecule has 1 saturated heterocycles. The summed E-state index contributed by atoms with van der Waals surface area (Å²) in [7, 11) is 1.79. The van der Waals surface area contributed by atoms with Crippen LogP contribution in [-0.4, -0.2) is 37.9 Å². The summed E-state index contributed by atoms with van der Waals surface area (Å²) >= 11 is 0. The Kier molecular flexibility index (Phi) is 8.75. The van der Waals surface area contributed by atoms with Gasteiger partial charge in [0.25, 0.3) is 0 Å². The third-order valence-corrected chi connectivity index (χ3v) is 5.25. The molecule has 0 bridgehead atoms. The van der Waals surface area contributed by atoms with Crippen molar-refractivity contribution >= 4 is 29.9 Å². The summed E-state index contributed by atoms with van der Waals surface area (Å²) in [6, 6.07) is 12.7. The number of nitrogens with zero attached hydrogens (tertiary/aromatic N) is 2. The van der Waals surface area contributed by atoms with E-state index in [2.05, 4.69) is 65.0 Å². The number of hydrogen-bond acceptors (Lipinski definition) is 4. The van der Waals surface area contributed by atoms with Gasteiger partial charge in [-0.15, -0.1) is 24.0 Å². The van der Waals surface area contributed by atoms with Crippen molar-refractivity contribution < 1.29 is 9.26 Å². The molecule has 28 heavy (non-hydrogen) atoms. The van der Waals surface area contributed by atoms with E-state index < -0.39 is 0 Å². The van der Waals surface area contributed by atoms with Crippen molar-refractivity contribution in [3.8, 4) is 0 Å². The second-order valence-corrected chi connectivity index (χ2v) is 7.41. The molecule has 1 aliphatic rings. The molecule has 2 N–H and O–H groups in total. The van der Waals surface area contributed by atoms with Crippen molar-refractivity contribution in [2.45, 2.75) is 44.6 Å². The van der Waals surface area contributed by atoms with E-state index in [0.717, 1.165) is 50.0 Å². The van der Waals surface area contributed by atoms with E-state index in [1.165, 1.54) is 5.56 Å². The summed E-state index contributed by atoms with van der Waals surface area (Å²) in [5.74, 6) is 1.93. The molecule has 0 radical (unpaired) electrons. The Balaban J connectivity index is 0.00000280. The normalized spacial score (nSPS) is 16.5. The summed E-state index contributed by atoms with van der Waals surface area (Å²) in [4.78, 5) is 4.36. The lowest BCUT2D eigenvalue weighted by atomic mass is 9.74. The van der Waals surface area contributed by atoms with Crippen LogP contribution < -0.4 is 10.6 Å². The van der Waals surface area contributed by atoms with E-state index in [1.807, 2.05) is 6.07 Å². The second kappa shape index (κ2) is 10.8. The molecule has 2 heterocycles. The van der Waals surface area contributed by atoms with Gasteiger partial charge in [0.2, 0.25) is 0 Å². The van der Waals surface area contributed by atoms with Crippen molar-refractivity contribution in [1.29, 1.82) is 0 Å². The van der Waals surface area contributed by atoms with Crippen LogP contribution in [0.15, 0.2) is 45.9 Å². The Morgan fingerprint density at radius 1 is 1.18 bits per heavy atom. The van der Waals surface area contributed by atoms with Crippen molar-refractivity contribution in [3.63, 3.8) is 0 Å². The molecule has 3 rings (SSSR count). The minimum atomic E-state index is 0. The van der Waals surface area contributed by atoms with Crippen molar-refractivity contribution in [1.82, 2.24) is 15.8 Å². The highest BCUT2D eigenvalue weighted by atomic mass is 127. The third-order valence-electron chi connectivity index (χ3n) is 5.25. The lowest BCUT2D eigenvalue weighted by Crippen LogP contribution is -2.47. The fourth-order valence-electron chi connectivity index (χ4n) is 3.45. The SMILES string of the molecule is CN=C(NCc1cc(C(C)C)no1)NCC1(c2ccccc2)CCOCC1.I. The Morgan fingerprint density at radius 3 is 2.50 bits per heavy atom. The Morgan fingerprint density at radius 2 is 1.89 bits per heavy atom. The van der Waals surface area contributed by atoms with Gasteiger partial charge in [-0.05, 0) is 24.3 Å². The maximum Gasteiger partial charge on any atom is 0.191 e. The molecule has 154 valence electrons. The number of hydrogen-bond donors (Lipinski definition) is 2. The van der Waals surface area contributed by atoms with Crippen LogP contribution in [-0.2, 0) is 16.7 Å². The maximum absolute atomic E-state index is 5.61. The summed E-state index contributed by atoms with van der Waals surface area (Å²) in [5.41, 5.74) is 2.39. The second-order valence-electron chi connectivity index (χ2n) is 7.41. The Labute approximate surface area is 184 Å². The zero-order chi connectivity index (χ0) is 19.1. The van der Waals surface area contributed by atoms with E-state index in [4.69, 9.17) is 9.26 Å². The minimum absolute atomic E-state index is 0. The number of aromatic nitrogens is 1. The topological polar surface area (TPSA) is 71.7 Å². The van der Waals surface area contributed by atoms with Crippen LogP contribution in [0.2, 0.25) is 0 Å². The van der Waals surface area contributed by atoms with Gasteiger partial charge < -0.3 is 19.9 Å². The molecule has 6 nitrogen and oxygen atoms in total. The first kappa shape index (κ1) is 22.7. The van der Waals surface area contributed by atoms with Gasteiger partial charge in [0.15, 0.2) is 11.7 Å². The molecular weight excluding hydrogens is 467 g/mol. The molecule has 0 unspecified atom stereocenters. The van der Waals surface area contributed by atoms with Gasteiger partial charge >= 0.3 is 0 Å². The number of benzene rings is 1.